The molecule has 19 heavy (non-hydrogen) atoms. The van der Waals surface area contributed by atoms with Crippen LogP contribution in [0.1, 0.15) is 0 Å². The van der Waals surface area contributed by atoms with Gasteiger partial charge in [0.25, 0.3) is 0 Å². The van der Waals surface area contributed by atoms with E-state index in [1.54, 1.807) is 11.3 Å². The number of nitrogen functional groups attached to an aromatic ring is 1. The lowest BCUT2D eigenvalue weighted by molar-refractivity contribution is 0.436. The van der Waals surface area contributed by atoms with Gasteiger partial charge in [-0.15, -0.1) is 11.3 Å². The highest BCUT2D eigenvalue weighted by atomic mass is 79.9. The molecular weight excluding hydrogens is 348 g/mol. The Balaban J connectivity index is 2.21. The summed E-state index contributed by atoms with van der Waals surface area (Å²) in [6.07, 6.45) is 0. The molecule has 0 atom stereocenters. The van der Waals surface area contributed by atoms with Crippen LogP contribution in [-0.4, -0.2) is 5.16 Å². The van der Waals surface area contributed by atoms with Crippen LogP contribution in [0.3, 0.4) is 0 Å². The summed E-state index contributed by atoms with van der Waals surface area (Å²) in [7, 11) is 0. The number of halogens is 2. The Morgan fingerprint density at radius 1 is 1.32 bits per heavy atom. The molecule has 0 aliphatic carbocycles. The molecule has 3 nitrogen and oxygen atoms in total. The zero-order chi connectivity index (χ0) is 13.4. The molecule has 96 valence electrons. The fraction of sp³-hybridized carbons (Fsp3) is 0. The highest BCUT2D eigenvalue weighted by molar-refractivity contribution is 9.10. The molecule has 0 radical (unpaired) electrons. The Morgan fingerprint density at radius 3 is 2.84 bits per heavy atom. The summed E-state index contributed by atoms with van der Waals surface area (Å²) in [6.45, 7) is 0. The number of hydrogen-bond donors (Lipinski definition) is 1. The van der Waals surface area contributed by atoms with Crippen molar-refractivity contribution in [3.63, 3.8) is 0 Å². The minimum atomic E-state index is 0.383. The van der Waals surface area contributed by atoms with E-state index in [4.69, 9.17) is 21.9 Å². The third kappa shape index (κ3) is 2.41. The second-order valence-corrected chi connectivity index (χ2v) is 6.21. The summed E-state index contributed by atoms with van der Waals surface area (Å²) < 4.78 is 6.24. The van der Waals surface area contributed by atoms with Gasteiger partial charge in [0.15, 0.2) is 11.6 Å². The van der Waals surface area contributed by atoms with Gasteiger partial charge in [0.1, 0.15) is 0 Å². The van der Waals surface area contributed by atoms with Crippen LogP contribution >= 0.6 is 38.9 Å². The van der Waals surface area contributed by atoms with Gasteiger partial charge in [-0.1, -0.05) is 38.8 Å². The topological polar surface area (TPSA) is 52.0 Å². The zero-order valence-corrected chi connectivity index (χ0v) is 12.7. The Labute approximate surface area is 127 Å². The van der Waals surface area contributed by atoms with Crippen molar-refractivity contribution in [2.45, 2.75) is 0 Å². The molecule has 2 N–H and O–H groups in total. The number of thiophene rings is 1. The fourth-order valence-corrected chi connectivity index (χ4v) is 3.48. The van der Waals surface area contributed by atoms with E-state index < -0.39 is 0 Å². The molecule has 6 heteroatoms. The van der Waals surface area contributed by atoms with Gasteiger partial charge < -0.3 is 10.3 Å². The van der Waals surface area contributed by atoms with Crippen LogP contribution in [-0.2, 0) is 0 Å². The maximum Gasteiger partial charge on any atom is 0.177 e. The summed E-state index contributed by atoms with van der Waals surface area (Å²) >= 11 is 11.1. The third-order valence-electron chi connectivity index (χ3n) is 2.61. The van der Waals surface area contributed by atoms with E-state index >= 15 is 0 Å². The summed E-state index contributed by atoms with van der Waals surface area (Å²) in [5.41, 5.74) is 7.55. The van der Waals surface area contributed by atoms with Crippen molar-refractivity contribution in [2.24, 2.45) is 0 Å². The number of nitrogens with zero attached hydrogens (tertiary/aromatic N) is 1. The lowest BCUT2D eigenvalue weighted by Gasteiger charge is -2.02. The molecule has 0 saturated heterocycles. The molecule has 2 heterocycles. The molecule has 0 spiro atoms. The van der Waals surface area contributed by atoms with Crippen LogP contribution in [0.25, 0.3) is 21.8 Å². The first-order valence-electron chi connectivity index (χ1n) is 5.40. The Morgan fingerprint density at radius 2 is 2.16 bits per heavy atom. The van der Waals surface area contributed by atoms with Crippen LogP contribution in [0.15, 0.2) is 44.7 Å². The van der Waals surface area contributed by atoms with Crippen molar-refractivity contribution in [1.29, 1.82) is 0 Å². The maximum atomic E-state index is 6.06. The summed E-state index contributed by atoms with van der Waals surface area (Å²) in [6, 6.07) is 9.50. The highest BCUT2D eigenvalue weighted by Gasteiger charge is 2.19. The molecule has 0 amide bonds. The van der Waals surface area contributed by atoms with Gasteiger partial charge in [0, 0.05) is 19.9 Å². The van der Waals surface area contributed by atoms with Gasteiger partial charge in [0.05, 0.1) is 5.56 Å². The molecule has 0 aliphatic rings. The molecule has 0 saturated carbocycles. The Kier molecular flexibility index (Phi) is 3.35. The third-order valence-corrected chi connectivity index (χ3v) is 4.17. The van der Waals surface area contributed by atoms with E-state index in [0.717, 1.165) is 20.5 Å². The van der Waals surface area contributed by atoms with Crippen molar-refractivity contribution in [2.75, 3.05) is 5.73 Å². The Hall–Kier alpha value is -1.30. The number of aromatic nitrogens is 1. The lowest BCUT2D eigenvalue weighted by atomic mass is 10.1. The number of anilines is 1. The van der Waals surface area contributed by atoms with Crippen LogP contribution in [0.2, 0.25) is 5.02 Å². The predicted molar refractivity (Wildman–Crippen MR) is 82.4 cm³/mol. The quantitative estimate of drug-likeness (QED) is 0.698. The average Bonchev–Trinajstić information content (AvgIpc) is 2.96. The van der Waals surface area contributed by atoms with Gasteiger partial charge in [-0.05, 0) is 29.6 Å². The molecule has 1 aromatic carbocycles. The van der Waals surface area contributed by atoms with E-state index in [-0.39, 0.29) is 0 Å². The molecule has 0 fully saturated rings. The van der Waals surface area contributed by atoms with Crippen LogP contribution < -0.4 is 5.73 Å². The van der Waals surface area contributed by atoms with Crippen molar-refractivity contribution < 1.29 is 4.52 Å². The van der Waals surface area contributed by atoms with E-state index in [1.165, 1.54) is 0 Å². The van der Waals surface area contributed by atoms with Gasteiger partial charge in [-0.3, -0.25) is 0 Å². The summed E-state index contributed by atoms with van der Waals surface area (Å²) in [4.78, 5) is 1.02. The zero-order valence-electron chi connectivity index (χ0n) is 9.56. The maximum absolute atomic E-state index is 6.06. The smallest absolute Gasteiger partial charge is 0.177 e. The molecule has 0 aliphatic heterocycles. The van der Waals surface area contributed by atoms with Crippen molar-refractivity contribution >= 4 is 44.7 Å². The molecular formula is C13H8BrClN2OS. The fourth-order valence-electron chi connectivity index (χ4n) is 1.84. The summed E-state index contributed by atoms with van der Waals surface area (Å²) in [5.74, 6) is 1.01. The molecule has 3 rings (SSSR count). The van der Waals surface area contributed by atoms with Gasteiger partial charge in [0.2, 0.25) is 0 Å². The number of rotatable bonds is 2. The van der Waals surface area contributed by atoms with E-state index in [2.05, 4.69) is 21.1 Å². The highest BCUT2D eigenvalue weighted by Crippen LogP contribution is 2.40. The van der Waals surface area contributed by atoms with Gasteiger partial charge in [-0.25, -0.2) is 0 Å². The SMILES string of the molecule is Nc1noc(-c2cc(Cl)cc(Br)c2)c1-c1cccs1. The number of hydrogen-bond acceptors (Lipinski definition) is 4. The normalized spacial score (nSPS) is 10.8. The summed E-state index contributed by atoms with van der Waals surface area (Å²) in [5, 5.41) is 6.47. The van der Waals surface area contributed by atoms with Crippen LogP contribution in [0, 0.1) is 0 Å². The lowest BCUT2D eigenvalue weighted by Crippen LogP contribution is -1.87. The molecule has 3 aromatic rings. The van der Waals surface area contributed by atoms with E-state index in [0.29, 0.717) is 16.6 Å². The molecule has 0 bridgehead atoms. The second kappa shape index (κ2) is 5.00. The molecule has 0 unspecified atom stereocenters. The number of benzene rings is 1. The average molecular weight is 356 g/mol. The van der Waals surface area contributed by atoms with Crippen LogP contribution in [0.5, 0.6) is 0 Å². The van der Waals surface area contributed by atoms with Gasteiger partial charge in [-0.2, -0.15) is 0 Å². The van der Waals surface area contributed by atoms with Gasteiger partial charge >= 0.3 is 0 Å². The van der Waals surface area contributed by atoms with E-state index in [1.807, 2.05) is 35.7 Å². The van der Waals surface area contributed by atoms with Crippen molar-refractivity contribution in [1.82, 2.24) is 5.16 Å². The minimum absolute atomic E-state index is 0.383. The van der Waals surface area contributed by atoms with Crippen LogP contribution in [0.4, 0.5) is 5.82 Å². The largest absolute Gasteiger partial charge is 0.380 e. The first-order chi connectivity index (χ1) is 9.15. The monoisotopic (exact) mass is 354 g/mol. The first kappa shape index (κ1) is 12.7. The van der Waals surface area contributed by atoms with Crippen molar-refractivity contribution in [3.05, 3.63) is 45.2 Å². The Bertz CT molecular complexity index is 704. The predicted octanol–water partition coefficient (Wildman–Crippen LogP) is 5.07. The number of nitrogens with two attached hydrogens (primary N) is 1. The minimum Gasteiger partial charge on any atom is -0.380 e. The molecule has 2 aromatic heterocycles. The van der Waals surface area contributed by atoms with E-state index in [9.17, 15) is 0 Å². The second-order valence-electron chi connectivity index (χ2n) is 3.91. The van der Waals surface area contributed by atoms with Crippen molar-refractivity contribution in [3.8, 4) is 21.8 Å². The first-order valence-corrected chi connectivity index (χ1v) is 7.45. The standard InChI is InChI=1S/C13H8BrClN2OS/c14-8-4-7(5-9(15)6-8)12-11(13(16)17-18-12)10-2-1-3-19-10/h1-6H,(H2,16,17).